The number of hydrogen-bond donors (Lipinski definition) is 2. The summed E-state index contributed by atoms with van der Waals surface area (Å²) in [5.74, 6) is 0.766. The number of nitrogens with zero attached hydrogens (tertiary/aromatic N) is 4. The molecule has 2 N–H and O–H groups in total. The van der Waals surface area contributed by atoms with E-state index in [1.165, 1.54) is 0 Å². The molecule has 4 heterocycles. The molecule has 10 nitrogen and oxygen atoms in total. The number of benzene rings is 2. The van der Waals surface area contributed by atoms with Gasteiger partial charge in [0.1, 0.15) is 5.60 Å². The van der Waals surface area contributed by atoms with Crippen LogP contribution in [-0.4, -0.2) is 50.3 Å². The van der Waals surface area contributed by atoms with Gasteiger partial charge in [-0.3, -0.25) is 15.2 Å². The average molecular weight is 501 g/mol. The highest BCUT2D eigenvalue weighted by atomic mass is 16.6. The van der Waals surface area contributed by atoms with Crippen LogP contribution in [0.1, 0.15) is 53.6 Å². The van der Waals surface area contributed by atoms with Crippen LogP contribution in [0, 0.1) is 13.8 Å². The van der Waals surface area contributed by atoms with E-state index in [0.29, 0.717) is 44.1 Å². The Hall–Kier alpha value is -4.21. The minimum Gasteiger partial charge on any atom is -0.438 e. The first-order valence-corrected chi connectivity index (χ1v) is 12.5. The van der Waals surface area contributed by atoms with Gasteiger partial charge in [-0.25, -0.2) is 4.79 Å². The van der Waals surface area contributed by atoms with Gasteiger partial charge in [0.05, 0.1) is 23.3 Å². The van der Waals surface area contributed by atoms with Crippen molar-refractivity contribution in [2.75, 3.05) is 18.4 Å². The van der Waals surface area contributed by atoms with Crippen molar-refractivity contribution in [1.29, 1.82) is 0 Å². The summed E-state index contributed by atoms with van der Waals surface area (Å²) < 4.78 is 11.3. The molecule has 2 aliphatic rings. The van der Waals surface area contributed by atoms with Crippen molar-refractivity contribution in [3.8, 4) is 0 Å². The lowest BCUT2D eigenvalue weighted by Crippen LogP contribution is -2.50. The Bertz CT molecular complexity index is 1480. The van der Waals surface area contributed by atoms with Crippen LogP contribution in [0.15, 0.2) is 47.1 Å². The largest absolute Gasteiger partial charge is 0.438 e. The average Bonchev–Trinajstić information content (AvgIpc) is 3.53. The van der Waals surface area contributed by atoms with Crippen molar-refractivity contribution in [1.82, 2.24) is 25.2 Å². The molecule has 10 heteroatoms. The van der Waals surface area contributed by atoms with Crippen molar-refractivity contribution >= 4 is 28.6 Å². The summed E-state index contributed by atoms with van der Waals surface area (Å²) >= 11 is 0. The third-order valence-electron chi connectivity index (χ3n) is 7.47. The third kappa shape index (κ3) is 4.32. The number of H-pyrrole nitrogens is 1. The number of likely N-dealkylation sites (tertiary alicyclic amines) is 1. The highest BCUT2D eigenvalue weighted by Gasteiger charge is 2.45. The highest BCUT2D eigenvalue weighted by Crippen LogP contribution is 2.43. The first kappa shape index (κ1) is 23.2. The second-order valence-corrected chi connectivity index (χ2v) is 9.97. The molecule has 2 aromatic carbocycles. The molecule has 1 unspecified atom stereocenters. The number of piperidine rings is 1. The van der Waals surface area contributed by atoms with Crippen LogP contribution in [0.25, 0.3) is 10.9 Å². The van der Waals surface area contributed by atoms with E-state index in [2.05, 4.69) is 37.8 Å². The van der Waals surface area contributed by atoms with Gasteiger partial charge in [-0.1, -0.05) is 29.4 Å². The van der Waals surface area contributed by atoms with Crippen LogP contribution in [0.3, 0.4) is 0 Å². The van der Waals surface area contributed by atoms with Gasteiger partial charge in [0.25, 0.3) is 0 Å². The zero-order valence-corrected chi connectivity index (χ0v) is 20.8. The Morgan fingerprint density at radius 3 is 2.78 bits per heavy atom. The summed E-state index contributed by atoms with van der Waals surface area (Å²) in [4.78, 5) is 32.0. The minimum atomic E-state index is -0.712. The lowest BCUT2D eigenvalue weighted by Gasteiger charge is -2.44. The van der Waals surface area contributed by atoms with E-state index in [1.54, 1.807) is 13.1 Å². The predicted molar refractivity (Wildman–Crippen MR) is 135 cm³/mol. The summed E-state index contributed by atoms with van der Waals surface area (Å²) in [6.07, 6.45) is 3.28. The summed E-state index contributed by atoms with van der Waals surface area (Å²) in [5.41, 5.74) is 4.20. The Kier molecular flexibility index (Phi) is 5.66. The molecule has 0 saturated carbocycles. The van der Waals surface area contributed by atoms with E-state index in [-0.39, 0.29) is 18.2 Å². The number of aromatic amines is 1. The van der Waals surface area contributed by atoms with Gasteiger partial charge in [0.2, 0.25) is 11.8 Å². The SMILES string of the molecule is Cc1noc(C(CC(=O)N2CCC3(CC2)OC(=O)Nc2ccccc23)Cc2cc(C)c3[nH]ncc3c2)n1. The smallest absolute Gasteiger partial charge is 0.412 e. The molecule has 2 aromatic heterocycles. The number of hydrogen-bond acceptors (Lipinski definition) is 7. The standard InChI is InChI=1S/C27H28N6O4/c1-16-11-18(13-20-15-28-31-24(16)20)12-19(25-29-17(2)32-37-25)14-23(34)33-9-7-27(8-10-33)21-5-3-4-6-22(21)30-26(35)36-27/h3-6,11,13,15,19H,7-10,12,14H2,1-2H3,(H,28,31)(H,30,35). The molecule has 1 spiro atoms. The lowest BCUT2D eigenvalue weighted by molar-refractivity contribution is -0.136. The summed E-state index contributed by atoms with van der Waals surface area (Å²) in [7, 11) is 0. The molecule has 0 bridgehead atoms. The Labute approximate surface area is 213 Å². The van der Waals surface area contributed by atoms with E-state index >= 15 is 0 Å². The van der Waals surface area contributed by atoms with E-state index in [4.69, 9.17) is 9.26 Å². The van der Waals surface area contributed by atoms with E-state index in [9.17, 15) is 9.59 Å². The van der Waals surface area contributed by atoms with Gasteiger partial charge in [-0.15, -0.1) is 0 Å². The number of ether oxygens (including phenoxy) is 1. The number of carbonyl (C=O) groups excluding carboxylic acids is 2. The molecule has 37 heavy (non-hydrogen) atoms. The lowest BCUT2D eigenvalue weighted by atomic mass is 9.82. The van der Waals surface area contributed by atoms with Gasteiger partial charge >= 0.3 is 6.09 Å². The van der Waals surface area contributed by atoms with Crippen molar-refractivity contribution in [3.63, 3.8) is 0 Å². The molecule has 4 aromatic rings. The number of nitrogens with one attached hydrogen (secondary N) is 2. The molecule has 2 aliphatic heterocycles. The number of anilines is 1. The molecule has 0 radical (unpaired) electrons. The quantitative estimate of drug-likeness (QED) is 0.417. The summed E-state index contributed by atoms with van der Waals surface area (Å²) in [6, 6.07) is 11.9. The number of aromatic nitrogens is 4. The van der Waals surface area contributed by atoms with Crippen molar-refractivity contribution < 1.29 is 18.8 Å². The number of fused-ring (bicyclic) bond motifs is 3. The second-order valence-electron chi connectivity index (χ2n) is 9.97. The minimum absolute atomic E-state index is 0.0189. The van der Waals surface area contributed by atoms with Crippen molar-refractivity contribution in [3.05, 3.63) is 71.0 Å². The van der Waals surface area contributed by atoms with Gasteiger partial charge in [0, 0.05) is 43.3 Å². The zero-order chi connectivity index (χ0) is 25.6. The van der Waals surface area contributed by atoms with Crippen LogP contribution >= 0.6 is 0 Å². The maximum Gasteiger partial charge on any atom is 0.412 e. The van der Waals surface area contributed by atoms with E-state index < -0.39 is 11.7 Å². The normalized spacial score (nSPS) is 17.4. The van der Waals surface area contributed by atoms with Gasteiger partial charge in [0.15, 0.2) is 5.82 Å². The fourth-order valence-corrected chi connectivity index (χ4v) is 5.63. The van der Waals surface area contributed by atoms with Crippen molar-refractivity contribution in [2.45, 2.75) is 51.0 Å². The fraction of sp³-hybridized carbons (Fsp3) is 0.370. The summed E-state index contributed by atoms with van der Waals surface area (Å²) in [5, 5.41) is 14.9. The third-order valence-corrected chi connectivity index (χ3v) is 7.47. The van der Waals surface area contributed by atoms with Gasteiger partial charge in [-0.05, 0) is 43.5 Å². The van der Waals surface area contributed by atoms with Gasteiger partial charge < -0.3 is 14.2 Å². The molecule has 2 amide bonds. The molecule has 0 aliphatic carbocycles. The van der Waals surface area contributed by atoms with Gasteiger partial charge in [-0.2, -0.15) is 10.1 Å². The van der Waals surface area contributed by atoms with Crippen LogP contribution in [0.5, 0.6) is 0 Å². The van der Waals surface area contributed by atoms with Crippen LogP contribution in [-0.2, 0) is 21.6 Å². The molecule has 1 fully saturated rings. The first-order chi connectivity index (χ1) is 17.9. The number of aryl methyl sites for hydroxylation is 2. The second kappa shape index (κ2) is 9.02. The van der Waals surface area contributed by atoms with Crippen LogP contribution < -0.4 is 5.32 Å². The Morgan fingerprint density at radius 2 is 2.00 bits per heavy atom. The molecule has 1 saturated heterocycles. The number of amides is 2. The Balaban J connectivity index is 1.19. The van der Waals surface area contributed by atoms with E-state index in [0.717, 1.165) is 33.3 Å². The first-order valence-electron chi connectivity index (χ1n) is 12.5. The predicted octanol–water partition coefficient (Wildman–Crippen LogP) is 4.36. The molecular formula is C27H28N6O4. The topological polar surface area (TPSA) is 126 Å². The number of para-hydroxylation sites is 1. The Morgan fingerprint density at radius 1 is 1.19 bits per heavy atom. The number of carbonyl (C=O) groups is 2. The van der Waals surface area contributed by atoms with Crippen LogP contribution in [0.4, 0.5) is 10.5 Å². The maximum absolute atomic E-state index is 13.5. The monoisotopic (exact) mass is 500 g/mol. The summed E-state index contributed by atoms with van der Waals surface area (Å²) in [6.45, 7) is 4.80. The van der Waals surface area contributed by atoms with Crippen LogP contribution in [0.2, 0.25) is 0 Å². The fourth-order valence-electron chi connectivity index (χ4n) is 5.63. The molecule has 6 rings (SSSR count). The maximum atomic E-state index is 13.5. The number of rotatable bonds is 5. The van der Waals surface area contributed by atoms with Crippen molar-refractivity contribution in [2.24, 2.45) is 0 Å². The van der Waals surface area contributed by atoms with E-state index in [1.807, 2.05) is 36.1 Å². The highest BCUT2D eigenvalue weighted by molar-refractivity contribution is 5.89. The molecular weight excluding hydrogens is 472 g/mol. The zero-order valence-electron chi connectivity index (χ0n) is 20.8. The molecule has 190 valence electrons. The molecule has 1 atom stereocenters.